The Kier molecular flexibility index (Phi) is 6.05. The number of carbonyl (C=O) groups is 1. The third kappa shape index (κ3) is 6.00. The van der Waals surface area contributed by atoms with Crippen LogP contribution in [0.3, 0.4) is 0 Å². The zero-order valence-corrected chi connectivity index (χ0v) is 17.9. The molecule has 2 rings (SSSR count). The van der Waals surface area contributed by atoms with Crippen molar-refractivity contribution in [2.75, 3.05) is 0 Å². The van der Waals surface area contributed by atoms with Crippen LogP contribution in [0.4, 0.5) is 0 Å². The Balaban J connectivity index is 2.31. The molecule has 0 aliphatic heterocycles. The van der Waals surface area contributed by atoms with Gasteiger partial charge in [-0.1, -0.05) is 55.9 Å². The quantitative estimate of drug-likeness (QED) is 0.471. The van der Waals surface area contributed by atoms with Gasteiger partial charge in [0.05, 0.1) is 5.92 Å². The van der Waals surface area contributed by atoms with E-state index in [2.05, 4.69) is 31.1 Å². The minimum absolute atomic E-state index is 0.0827. The molecule has 1 aromatic rings. The molecule has 1 aromatic carbocycles. The molecule has 1 N–H and O–H groups in total. The molecule has 0 aromatic heterocycles. The first kappa shape index (κ1) is 20.7. The van der Waals surface area contributed by atoms with Crippen LogP contribution in [-0.2, 0) is 9.53 Å². The Labute approximate surface area is 159 Å². The van der Waals surface area contributed by atoms with Crippen LogP contribution in [0.25, 0.3) is 0 Å². The fourth-order valence-electron chi connectivity index (χ4n) is 3.33. The molecule has 1 saturated carbocycles. The summed E-state index contributed by atoms with van der Waals surface area (Å²) in [7, 11) is -1.57. The summed E-state index contributed by atoms with van der Waals surface area (Å²) >= 11 is 0. The van der Waals surface area contributed by atoms with Crippen LogP contribution >= 0.6 is 0 Å². The van der Waals surface area contributed by atoms with E-state index >= 15 is 0 Å². The Morgan fingerprint density at radius 2 is 1.85 bits per heavy atom. The van der Waals surface area contributed by atoms with Gasteiger partial charge in [0.25, 0.3) is 0 Å². The van der Waals surface area contributed by atoms with E-state index in [1.165, 1.54) is 0 Å². The Bertz CT molecular complexity index is 688. The van der Waals surface area contributed by atoms with E-state index in [1.807, 2.05) is 51.1 Å². The van der Waals surface area contributed by atoms with E-state index in [1.54, 1.807) is 0 Å². The molecule has 0 saturated heterocycles. The second kappa shape index (κ2) is 7.58. The number of carbonyl (C=O) groups excluding carboxylic acids is 1. The molecule has 1 aliphatic rings. The number of esters is 1. The monoisotopic (exact) mass is 372 g/mol. The maximum absolute atomic E-state index is 12.8. The lowest BCUT2D eigenvalue weighted by atomic mass is 9.69. The minimum atomic E-state index is -1.57. The van der Waals surface area contributed by atoms with E-state index in [4.69, 9.17) is 4.74 Å². The van der Waals surface area contributed by atoms with Gasteiger partial charge < -0.3 is 9.84 Å². The van der Waals surface area contributed by atoms with Crippen molar-refractivity contribution in [3.8, 4) is 11.5 Å². The van der Waals surface area contributed by atoms with Gasteiger partial charge in [-0.05, 0) is 45.6 Å². The number of rotatable bonds is 2. The largest absolute Gasteiger partial charge is 0.460 e. The van der Waals surface area contributed by atoms with Gasteiger partial charge in [0.15, 0.2) is 0 Å². The summed E-state index contributed by atoms with van der Waals surface area (Å²) in [5.74, 6) is 2.66. The molecule has 26 heavy (non-hydrogen) atoms. The normalized spacial score (nSPS) is 26.6. The van der Waals surface area contributed by atoms with Crippen molar-refractivity contribution in [3.05, 3.63) is 35.9 Å². The molecule has 3 nitrogen and oxygen atoms in total. The summed E-state index contributed by atoms with van der Waals surface area (Å²) in [6.07, 6.45) is 1.57. The average Bonchev–Trinajstić information content (AvgIpc) is 2.51. The fraction of sp³-hybridized carbons (Fsp3) is 0.591. The van der Waals surface area contributed by atoms with Crippen LogP contribution in [-0.4, -0.2) is 30.4 Å². The molecule has 0 spiro atoms. The van der Waals surface area contributed by atoms with Crippen molar-refractivity contribution in [2.24, 2.45) is 5.92 Å². The van der Waals surface area contributed by atoms with Gasteiger partial charge in [0.1, 0.15) is 19.3 Å². The zero-order chi connectivity index (χ0) is 19.6. The second-order valence-electron chi connectivity index (χ2n) is 9.43. The smallest absolute Gasteiger partial charge is 0.310 e. The average molecular weight is 373 g/mol. The lowest BCUT2D eigenvalue weighted by Gasteiger charge is -2.39. The summed E-state index contributed by atoms with van der Waals surface area (Å²) < 4.78 is 5.66. The van der Waals surface area contributed by atoms with Crippen LogP contribution in [0.15, 0.2) is 30.3 Å². The minimum Gasteiger partial charge on any atom is -0.460 e. The van der Waals surface area contributed by atoms with Gasteiger partial charge in [-0.3, -0.25) is 4.79 Å². The highest BCUT2D eigenvalue weighted by Crippen LogP contribution is 2.43. The maximum Gasteiger partial charge on any atom is 0.310 e. The van der Waals surface area contributed by atoms with Crippen LogP contribution in [0.5, 0.6) is 0 Å². The summed E-state index contributed by atoms with van der Waals surface area (Å²) in [6, 6.07) is 9.97. The van der Waals surface area contributed by atoms with Crippen LogP contribution < -0.4 is 0 Å². The van der Waals surface area contributed by atoms with Crippen molar-refractivity contribution in [2.45, 2.75) is 76.8 Å². The van der Waals surface area contributed by atoms with Crippen molar-refractivity contribution < 1.29 is 14.6 Å². The SMILES string of the molecule is CC(C)(C)OC(=O)[C@@H]1CCC(O)(C#C[Si](C)(C)C)C[C@H]1c1ccccc1. The molecule has 3 atom stereocenters. The predicted octanol–water partition coefficient (Wildman–Crippen LogP) is 4.52. The Morgan fingerprint density at radius 1 is 1.23 bits per heavy atom. The number of ether oxygens (including phenoxy) is 1. The molecular weight excluding hydrogens is 340 g/mol. The Morgan fingerprint density at radius 3 is 2.38 bits per heavy atom. The first-order chi connectivity index (χ1) is 11.9. The number of benzene rings is 1. The maximum atomic E-state index is 12.8. The van der Waals surface area contributed by atoms with Crippen LogP contribution in [0, 0.1) is 17.4 Å². The van der Waals surface area contributed by atoms with Gasteiger partial charge in [-0.2, -0.15) is 0 Å². The highest BCUT2D eigenvalue weighted by atomic mass is 28.3. The predicted molar refractivity (Wildman–Crippen MR) is 108 cm³/mol. The third-order valence-corrected chi connectivity index (χ3v) is 5.39. The van der Waals surface area contributed by atoms with Gasteiger partial charge in [0.2, 0.25) is 0 Å². The molecule has 1 fully saturated rings. The van der Waals surface area contributed by atoms with Gasteiger partial charge >= 0.3 is 5.97 Å². The molecule has 1 unspecified atom stereocenters. The van der Waals surface area contributed by atoms with E-state index in [0.29, 0.717) is 19.3 Å². The molecule has 0 radical (unpaired) electrons. The summed E-state index contributed by atoms with van der Waals surface area (Å²) in [6.45, 7) is 12.2. The van der Waals surface area contributed by atoms with Gasteiger partial charge in [0, 0.05) is 5.92 Å². The highest BCUT2D eigenvalue weighted by Gasteiger charge is 2.43. The van der Waals surface area contributed by atoms with E-state index in [-0.39, 0.29) is 17.8 Å². The van der Waals surface area contributed by atoms with Crippen molar-refractivity contribution in [3.63, 3.8) is 0 Å². The Hall–Kier alpha value is -1.57. The lowest BCUT2D eigenvalue weighted by Crippen LogP contribution is -2.42. The van der Waals surface area contributed by atoms with Crippen molar-refractivity contribution in [1.29, 1.82) is 0 Å². The van der Waals surface area contributed by atoms with Gasteiger partial charge in [-0.15, -0.1) is 5.54 Å². The topological polar surface area (TPSA) is 46.5 Å². The summed E-state index contributed by atoms with van der Waals surface area (Å²) in [5.41, 5.74) is 2.84. The molecule has 1 aliphatic carbocycles. The van der Waals surface area contributed by atoms with Gasteiger partial charge in [-0.25, -0.2) is 0 Å². The lowest BCUT2D eigenvalue weighted by molar-refractivity contribution is -0.163. The molecule has 4 heteroatoms. The van der Waals surface area contributed by atoms with Crippen LogP contribution in [0.1, 0.15) is 51.5 Å². The first-order valence-electron chi connectivity index (χ1n) is 9.43. The standard InChI is InChI=1S/C22H32O3Si/c1-21(2,3)25-20(23)18-12-13-22(24,14-15-26(4,5)6)16-19(18)17-10-8-7-9-11-17/h7-11,18-19,24H,12-13,16H2,1-6H3/t18-,19+,22?/m1/s1. The molecule has 0 bridgehead atoms. The molecule has 0 heterocycles. The van der Waals surface area contributed by atoms with Crippen LogP contribution in [0.2, 0.25) is 19.6 Å². The number of hydrogen-bond acceptors (Lipinski definition) is 3. The van der Waals surface area contributed by atoms with E-state index in [9.17, 15) is 9.90 Å². The number of aliphatic hydroxyl groups is 1. The first-order valence-corrected chi connectivity index (χ1v) is 12.9. The molecule has 142 valence electrons. The highest BCUT2D eigenvalue weighted by molar-refractivity contribution is 6.83. The number of hydrogen-bond donors (Lipinski definition) is 1. The van der Waals surface area contributed by atoms with E-state index in [0.717, 1.165) is 5.56 Å². The zero-order valence-electron chi connectivity index (χ0n) is 16.9. The van der Waals surface area contributed by atoms with Crippen molar-refractivity contribution >= 4 is 14.0 Å². The molecule has 0 amide bonds. The van der Waals surface area contributed by atoms with E-state index < -0.39 is 19.3 Å². The second-order valence-corrected chi connectivity index (χ2v) is 14.2. The van der Waals surface area contributed by atoms with Crippen molar-refractivity contribution in [1.82, 2.24) is 0 Å². The summed E-state index contributed by atoms with van der Waals surface area (Å²) in [5, 5.41) is 11.1. The third-order valence-electron chi connectivity index (χ3n) is 4.52. The fourth-order valence-corrected chi connectivity index (χ4v) is 3.94. The summed E-state index contributed by atoms with van der Waals surface area (Å²) in [4.78, 5) is 12.8. The molecular formula is C22H32O3Si.